The highest BCUT2D eigenvalue weighted by atomic mass is 32.2. The first-order valence-corrected chi connectivity index (χ1v) is 13.4. The van der Waals surface area contributed by atoms with E-state index in [1.807, 2.05) is 0 Å². The summed E-state index contributed by atoms with van der Waals surface area (Å²) < 4.78 is 39.2. The van der Waals surface area contributed by atoms with Crippen LogP contribution in [0.5, 0.6) is 0 Å². The zero-order valence-electron chi connectivity index (χ0n) is 19.9. The van der Waals surface area contributed by atoms with Gasteiger partial charge in [-0.3, -0.25) is 14.3 Å². The van der Waals surface area contributed by atoms with Gasteiger partial charge in [-0.25, -0.2) is 13.2 Å². The van der Waals surface area contributed by atoms with Crippen molar-refractivity contribution >= 4 is 27.0 Å². The lowest BCUT2D eigenvalue weighted by Crippen LogP contribution is -2.51. The maximum atomic E-state index is 12.8. The van der Waals surface area contributed by atoms with Crippen molar-refractivity contribution in [3.05, 3.63) is 28.7 Å². The van der Waals surface area contributed by atoms with Gasteiger partial charge in [0.05, 0.1) is 23.6 Å². The number of oxazole rings is 1. The van der Waals surface area contributed by atoms with Gasteiger partial charge in [0.2, 0.25) is 15.9 Å². The highest BCUT2D eigenvalue weighted by Gasteiger charge is 2.28. The van der Waals surface area contributed by atoms with Crippen LogP contribution < -0.4 is 11.1 Å². The summed E-state index contributed by atoms with van der Waals surface area (Å²) in [7, 11) is -3.61. The van der Waals surface area contributed by atoms with Crippen LogP contribution in [0.3, 0.4) is 0 Å². The van der Waals surface area contributed by atoms with Crippen molar-refractivity contribution in [2.45, 2.75) is 50.6 Å². The number of nitrogens with one attached hydrogen (secondary N) is 1. The maximum Gasteiger partial charge on any atom is 0.419 e. The van der Waals surface area contributed by atoms with E-state index in [0.717, 1.165) is 25.9 Å². The third kappa shape index (κ3) is 5.37. The van der Waals surface area contributed by atoms with Gasteiger partial charge in [-0.05, 0) is 30.9 Å². The molecule has 10 nitrogen and oxygen atoms in total. The Hall–Kier alpha value is -2.21. The van der Waals surface area contributed by atoms with E-state index < -0.39 is 15.8 Å². The van der Waals surface area contributed by atoms with Crippen molar-refractivity contribution in [2.24, 2.45) is 5.92 Å². The number of fused-ring (bicyclic) bond motifs is 1. The first-order valence-electron chi connectivity index (χ1n) is 12.0. The molecule has 1 N–H and O–H groups in total. The lowest BCUT2D eigenvalue weighted by atomic mass is 10.0. The SMILES string of the molecule is CC(C)[C@H](CNC(=O)CCn1c(=O)oc2cc(S(=O)(=O)N3CCCC3)ccc21)N1CCOCC1. The van der Waals surface area contributed by atoms with Gasteiger partial charge in [0, 0.05) is 57.8 Å². The Morgan fingerprint density at radius 1 is 1.12 bits per heavy atom. The van der Waals surface area contributed by atoms with Crippen molar-refractivity contribution in [1.29, 1.82) is 0 Å². The smallest absolute Gasteiger partial charge is 0.408 e. The second-order valence-corrected chi connectivity index (χ2v) is 11.2. The molecule has 1 aromatic carbocycles. The zero-order valence-corrected chi connectivity index (χ0v) is 20.7. The van der Waals surface area contributed by atoms with E-state index in [1.54, 1.807) is 6.07 Å². The molecule has 1 amide bonds. The van der Waals surface area contributed by atoms with Gasteiger partial charge in [0.1, 0.15) is 0 Å². The predicted octanol–water partition coefficient (Wildman–Crippen LogP) is 1.24. The molecule has 2 fully saturated rings. The van der Waals surface area contributed by atoms with E-state index in [1.165, 1.54) is 21.0 Å². The number of sulfonamides is 1. The molecular weight excluding hydrogens is 460 g/mol. The van der Waals surface area contributed by atoms with E-state index in [2.05, 4.69) is 24.1 Å². The van der Waals surface area contributed by atoms with Gasteiger partial charge >= 0.3 is 5.76 Å². The number of nitrogens with zero attached hydrogens (tertiary/aromatic N) is 3. The number of aromatic nitrogens is 1. The quantitative estimate of drug-likeness (QED) is 0.558. The Bertz CT molecular complexity index is 1160. The molecule has 3 heterocycles. The van der Waals surface area contributed by atoms with Crippen LogP contribution in [0.4, 0.5) is 0 Å². The topological polar surface area (TPSA) is 114 Å². The summed E-state index contributed by atoms with van der Waals surface area (Å²) in [5, 5.41) is 3.00. The van der Waals surface area contributed by atoms with E-state index in [9.17, 15) is 18.0 Å². The summed E-state index contributed by atoms with van der Waals surface area (Å²) in [5.74, 6) is -0.370. The summed E-state index contributed by atoms with van der Waals surface area (Å²) in [4.78, 5) is 27.4. The molecule has 34 heavy (non-hydrogen) atoms. The normalized spacial score (nSPS) is 19.1. The van der Waals surface area contributed by atoms with Crippen LogP contribution in [0, 0.1) is 5.92 Å². The summed E-state index contributed by atoms with van der Waals surface area (Å²) >= 11 is 0. The molecule has 0 saturated carbocycles. The number of carbonyl (C=O) groups is 1. The second kappa shape index (κ2) is 10.6. The molecule has 0 unspecified atom stereocenters. The summed E-state index contributed by atoms with van der Waals surface area (Å²) in [6.45, 7) is 9.09. The van der Waals surface area contributed by atoms with Crippen LogP contribution in [0.1, 0.15) is 33.1 Å². The Morgan fingerprint density at radius 3 is 2.50 bits per heavy atom. The highest BCUT2D eigenvalue weighted by Crippen LogP contribution is 2.24. The zero-order chi connectivity index (χ0) is 24.3. The minimum atomic E-state index is -3.61. The van der Waals surface area contributed by atoms with Crippen LogP contribution in [-0.4, -0.2) is 80.1 Å². The lowest BCUT2D eigenvalue weighted by molar-refractivity contribution is -0.121. The second-order valence-electron chi connectivity index (χ2n) is 9.27. The molecule has 11 heteroatoms. The molecule has 1 aromatic heterocycles. The summed E-state index contributed by atoms with van der Waals surface area (Å²) in [6, 6.07) is 4.70. The number of rotatable bonds is 9. The number of aryl methyl sites for hydroxylation is 1. The number of benzene rings is 1. The standard InChI is InChI=1S/C23H34N4O6S/c1-17(2)20(25-11-13-32-14-12-25)16-24-22(28)7-10-27-19-6-5-18(15-21(19)33-23(27)29)34(30,31)26-8-3-4-9-26/h5-6,15,17,20H,3-4,7-14,16H2,1-2H3,(H,24,28)/t20-/m0/s1. The van der Waals surface area contributed by atoms with E-state index >= 15 is 0 Å². The molecule has 0 radical (unpaired) electrons. The lowest BCUT2D eigenvalue weighted by Gasteiger charge is -2.36. The molecule has 0 bridgehead atoms. The van der Waals surface area contributed by atoms with Gasteiger partial charge in [0.15, 0.2) is 5.58 Å². The van der Waals surface area contributed by atoms with Crippen molar-refractivity contribution in [3.8, 4) is 0 Å². The number of hydrogen-bond acceptors (Lipinski definition) is 7. The van der Waals surface area contributed by atoms with Crippen molar-refractivity contribution in [2.75, 3.05) is 45.9 Å². The van der Waals surface area contributed by atoms with Crippen LogP contribution in [-0.2, 0) is 26.1 Å². The fourth-order valence-corrected chi connectivity index (χ4v) is 6.25. The first kappa shape index (κ1) is 24.9. The minimum Gasteiger partial charge on any atom is -0.408 e. The monoisotopic (exact) mass is 494 g/mol. The number of amides is 1. The molecule has 2 aliphatic rings. The average molecular weight is 495 g/mol. The van der Waals surface area contributed by atoms with E-state index in [-0.39, 0.29) is 35.4 Å². The van der Waals surface area contributed by atoms with Crippen LogP contribution in [0.2, 0.25) is 0 Å². The van der Waals surface area contributed by atoms with Crippen molar-refractivity contribution in [1.82, 2.24) is 19.1 Å². The number of hydrogen-bond donors (Lipinski definition) is 1. The molecule has 4 rings (SSSR count). The molecule has 2 aliphatic heterocycles. The van der Waals surface area contributed by atoms with Crippen LogP contribution in [0.15, 0.2) is 32.3 Å². The fourth-order valence-electron chi connectivity index (χ4n) is 4.71. The van der Waals surface area contributed by atoms with Gasteiger partial charge in [-0.2, -0.15) is 4.31 Å². The summed E-state index contributed by atoms with van der Waals surface area (Å²) in [5.41, 5.74) is 0.685. The van der Waals surface area contributed by atoms with Gasteiger partial charge < -0.3 is 14.5 Å². The van der Waals surface area contributed by atoms with E-state index in [0.29, 0.717) is 44.3 Å². The Morgan fingerprint density at radius 2 is 1.82 bits per heavy atom. The Labute approximate surface area is 199 Å². The molecule has 2 aromatic rings. The molecule has 2 saturated heterocycles. The van der Waals surface area contributed by atoms with Crippen molar-refractivity contribution in [3.63, 3.8) is 0 Å². The largest absolute Gasteiger partial charge is 0.419 e. The van der Waals surface area contributed by atoms with Gasteiger partial charge in [0.25, 0.3) is 0 Å². The molecular formula is C23H34N4O6S. The first-order chi connectivity index (χ1) is 16.3. The predicted molar refractivity (Wildman–Crippen MR) is 127 cm³/mol. The van der Waals surface area contributed by atoms with Crippen LogP contribution in [0.25, 0.3) is 11.1 Å². The average Bonchev–Trinajstić information content (AvgIpc) is 3.46. The minimum absolute atomic E-state index is 0.114. The number of ether oxygens (including phenoxy) is 1. The van der Waals surface area contributed by atoms with E-state index in [4.69, 9.17) is 9.15 Å². The molecule has 0 aliphatic carbocycles. The molecule has 188 valence electrons. The summed E-state index contributed by atoms with van der Waals surface area (Å²) in [6.07, 6.45) is 1.81. The Kier molecular flexibility index (Phi) is 7.76. The third-order valence-electron chi connectivity index (χ3n) is 6.70. The third-order valence-corrected chi connectivity index (χ3v) is 8.59. The van der Waals surface area contributed by atoms with Gasteiger partial charge in [-0.1, -0.05) is 13.8 Å². The number of carbonyl (C=O) groups excluding carboxylic acids is 1. The van der Waals surface area contributed by atoms with Crippen molar-refractivity contribution < 1.29 is 22.4 Å². The Balaban J connectivity index is 1.39. The van der Waals surface area contributed by atoms with Gasteiger partial charge in [-0.15, -0.1) is 0 Å². The number of morpholine rings is 1. The molecule has 0 spiro atoms. The van der Waals surface area contributed by atoms with Crippen LogP contribution >= 0.6 is 0 Å². The fraction of sp³-hybridized carbons (Fsp3) is 0.652. The highest BCUT2D eigenvalue weighted by molar-refractivity contribution is 7.89. The maximum absolute atomic E-state index is 12.8. The molecule has 1 atom stereocenters.